The molecule has 0 unspecified atom stereocenters. The normalized spacial score (nSPS) is 8.83. The minimum atomic E-state index is -0.346. The van der Waals surface area contributed by atoms with Crippen LogP contribution < -0.4 is 10.5 Å². The van der Waals surface area contributed by atoms with Crippen molar-refractivity contribution in [3.8, 4) is 5.75 Å². The molecule has 0 aliphatic carbocycles. The van der Waals surface area contributed by atoms with Crippen molar-refractivity contribution in [3.63, 3.8) is 0 Å². The first-order chi connectivity index (χ1) is 5.34. The first-order valence-corrected chi connectivity index (χ1v) is 3.42. The Bertz CT molecular complexity index is 232. The van der Waals surface area contributed by atoms with Crippen LogP contribution in [0.4, 0.5) is 4.39 Å². The third-order valence-electron chi connectivity index (χ3n) is 1.21. The third-order valence-corrected chi connectivity index (χ3v) is 1.21. The first kappa shape index (κ1) is 11.2. The van der Waals surface area contributed by atoms with Gasteiger partial charge in [0, 0.05) is 6.54 Å². The van der Waals surface area contributed by atoms with Gasteiger partial charge in [-0.3, -0.25) is 0 Å². The summed E-state index contributed by atoms with van der Waals surface area (Å²) in [6.45, 7) is 0.745. The minimum absolute atomic E-state index is 0. The number of benzene rings is 1. The maximum Gasteiger partial charge on any atom is 0.165 e. The fraction of sp³-hybridized carbons (Fsp3) is 0.250. The topological polar surface area (TPSA) is 35.2 Å². The number of rotatable bonds is 3. The SMILES string of the molecule is Cl.NCCOc1ccccc1F. The van der Waals surface area contributed by atoms with Gasteiger partial charge in [0.2, 0.25) is 0 Å². The van der Waals surface area contributed by atoms with Gasteiger partial charge in [0.15, 0.2) is 11.6 Å². The molecule has 0 saturated carbocycles. The Morgan fingerprint density at radius 3 is 2.58 bits per heavy atom. The summed E-state index contributed by atoms with van der Waals surface area (Å²) in [6.07, 6.45) is 0. The number of hydrogen-bond donors (Lipinski definition) is 1. The lowest BCUT2D eigenvalue weighted by molar-refractivity contribution is 0.311. The van der Waals surface area contributed by atoms with E-state index in [1.165, 1.54) is 6.07 Å². The Kier molecular flexibility index (Phi) is 5.41. The first-order valence-electron chi connectivity index (χ1n) is 3.42. The standard InChI is InChI=1S/C8H10FNO.ClH/c9-7-3-1-2-4-8(7)11-6-5-10;/h1-4H,5-6,10H2;1H. The average molecular weight is 192 g/mol. The Labute approximate surface area is 76.9 Å². The average Bonchev–Trinajstić information content (AvgIpc) is 2.03. The predicted molar refractivity (Wildman–Crippen MR) is 48.2 cm³/mol. The lowest BCUT2D eigenvalue weighted by atomic mass is 10.3. The number of nitrogens with two attached hydrogens (primary N) is 1. The van der Waals surface area contributed by atoms with E-state index < -0.39 is 0 Å². The van der Waals surface area contributed by atoms with Gasteiger partial charge >= 0.3 is 0 Å². The summed E-state index contributed by atoms with van der Waals surface area (Å²) < 4.78 is 17.7. The highest BCUT2D eigenvalue weighted by Gasteiger charge is 1.98. The second-order valence-electron chi connectivity index (χ2n) is 2.07. The summed E-state index contributed by atoms with van der Waals surface area (Å²) >= 11 is 0. The Hall–Kier alpha value is -0.800. The van der Waals surface area contributed by atoms with Crippen LogP contribution in [0.2, 0.25) is 0 Å². The molecule has 0 fully saturated rings. The second-order valence-corrected chi connectivity index (χ2v) is 2.07. The summed E-state index contributed by atoms with van der Waals surface area (Å²) in [5.74, 6) is -0.0844. The van der Waals surface area contributed by atoms with Crippen LogP contribution in [-0.2, 0) is 0 Å². The van der Waals surface area contributed by atoms with Crippen molar-refractivity contribution in [3.05, 3.63) is 30.1 Å². The van der Waals surface area contributed by atoms with E-state index in [0.29, 0.717) is 13.2 Å². The molecule has 0 amide bonds. The molecule has 2 nitrogen and oxygen atoms in total. The van der Waals surface area contributed by atoms with Crippen LogP contribution >= 0.6 is 12.4 Å². The Balaban J connectivity index is 0.00000121. The molecule has 0 spiro atoms. The van der Waals surface area contributed by atoms with Crippen molar-refractivity contribution in [2.45, 2.75) is 0 Å². The van der Waals surface area contributed by atoms with E-state index in [4.69, 9.17) is 10.5 Å². The van der Waals surface area contributed by atoms with Gasteiger partial charge in [-0.05, 0) is 12.1 Å². The van der Waals surface area contributed by atoms with Gasteiger partial charge < -0.3 is 10.5 Å². The highest BCUT2D eigenvalue weighted by Crippen LogP contribution is 2.14. The third kappa shape index (κ3) is 3.07. The minimum Gasteiger partial charge on any atom is -0.489 e. The van der Waals surface area contributed by atoms with Crippen molar-refractivity contribution in [1.29, 1.82) is 0 Å². The summed E-state index contributed by atoms with van der Waals surface area (Å²) in [7, 11) is 0. The van der Waals surface area contributed by atoms with Gasteiger partial charge in [-0.25, -0.2) is 4.39 Å². The molecule has 12 heavy (non-hydrogen) atoms. The number of hydrogen-bond acceptors (Lipinski definition) is 2. The van der Waals surface area contributed by atoms with Crippen LogP contribution in [0.25, 0.3) is 0 Å². The monoisotopic (exact) mass is 191 g/mol. The van der Waals surface area contributed by atoms with E-state index in [-0.39, 0.29) is 24.0 Å². The molecule has 1 aromatic rings. The van der Waals surface area contributed by atoms with Crippen molar-refractivity contribution in [1.82, 2.24) is 0 Å². The van der Waals surface area contributed by atoms with Crippen LogP contribution in [0.5, 0.6) is 5.75 Å². The molecular weight excluding hydrogens is 181 g/mol. The fourth-order valence-electron chi connectivity index (χ4n) is 0.731. The van der Waals surface area contributed by atoms with E-state index in [1.54, 1.807) is 18.2 Å². The molecule has 68 valence electrons. The highest BCUT2D eigenvalue weighted by atomic mass is 35.5. The molecule has 0 aromatic heterocycles. The molecule has 0 bridgehead atoms. The van der Waals surface area contributed by atoms with Gasteiger partial charge in [-0.15, -0.1) is 12.4 Å². The van der Waals surface area contributed by atoms with E-state index >= 15 is 0 Å². The van der Waals surface area contributed by atoms with E-state index in [2.05, 4.69) is 0 Å². The van der Waals surface area contributed by atoms with Gasteiger partial charge in [0.05, 0.1) is 0 Å². The molecule has 0 heterocycles. The second kappa shape index (κ2) is 5.80. The molecule has 4 heteroatoms. The molecule has 0 aliphatic rings. The van der Waals surface area contributed by atoms with E-state index in [1.807, 2.05) is 0 Å². The van der Waals surface area contributed by atoms with E-state index in [0.717, 1.165) is 0 Å². The Morgan fingerprint density at radius 2 is 2.00 bits per heavy atom. The zero-order chi connectivity index (χ0) is 8.10. The quantitative estimate of drug-likeness (QED) is 0.788. The van der Waals surface area contributed by atoms with Crippen LogP contribution in [-0.4, -0.2) is 13.2 Å². The van der Waals surface area contributed by atoms with Gasteiger partial charge in [0.1, 0.15) is 6.61 Å². The smallest absolute Gasteiger partial charge is 0.165 e. The predicted octanol–water partition coefficient (Wildman–Crippen LogP) is 1.58. The molecule has 0 saturated heterocycles. The van der Waals surface area contributed by atoms with Crippen LogP contribution in [0.1, 0.15) is 0 Å². The summed E-state index contributed by atoms with van der Waals surface area (Å²) in [5.41, 5.74) is 5.18. The molecule has 2 N–H and O–H groups in total. The summed E-state index contributed by atoms with van der Waals surface area (Å²) in [4.78, 5) is 0. The molecular formula is C8H11ClFNO. The summed E-state index contributed by atoms with van der Waals surface area (Å²) in [6, 6.07) is 6.26. The number of para-hydroxylation sites is 1. The Morgan fingerprint density at radius 1 is 1.33 bits per heavy atom. The van der Waals surface area contributed by atoms with Crippen LogP contribution in [0.3, 0.4) is 0 Å². The molecule has 0 radical (unpaired) electrons. The number of ether oxygens (including phenoxy) is 1. The largest absolute Gasteiger partial charge is 0.489 e. The van der Waals surface area contributed by atoms with Crippen molar-refractivity contribution >= 4 is 12.4 Å². The lowest BCUT2D eigenvalue weighted by Crippen LogP contribution is -2.11. The maximum absolute atomic E-state index is 12.7. The number of halogens is 2. The molecule has 0 atom stereocenters. The van der Waals surface area contributed by atoms with Crippen molar-refractivity contribution in [2.75, 3.05) is 13.2 Å². The fourth-order valence-corrected chi connectivity index (χ4v) is 0.731. The van der Waals surface area contributed by atoms with Crippen LogP contribution in [0, 0.1) is 5.82 Å². The zero-order valence-corrected chi connectivity index (χ0v) is 7.31. The van der Waals surface area contributed by atoms with Gasteiger partial charge in [-0.2, -0.15) is 0 Å². The highest BCUT2D eigenvalue weighted by molar-refractivity contribution is 5.85. The van der Waals surface area contributed by atoms with Crippen molar-refractivity contribution < 1.29 is 9.13 Å². The zero-order valence-electron chi connectivity index (χ0n) is 6.50. The van der Waals surface area contributed by atoms with Gasteiger partial charge in [-0.1, -0.05) is 12.1 Å². The van der Waals surface area contributed by atoms with Crippen LogP contribution in [0.15, 0.2) is 24.3 Å². The summed E-state index contributed by atoms with van der Waals surface area (Å²) in [5, 5.41) is 0. The molecule has 1 rings (SSSR count). The lowest BCUT2D eigenvalue weighted by Gasteiger charge is -2.03. The maximum atomic E-state index is 12.7. The molecule has 0 aliphatic heterocycles. The van der Waals surface area contributed by atoms with E-state index in [9.17, 15) is 4.39 Å². The van der Waals surface area contributed by atoms with Gasteiger partial charge in [0.25, 0.3) is 0 Å². The van der Waals surface area contributed by atoms with Crippen molar-refractivity contribution in [2.24, 2.45) is 5.73 Å². The molecule has 1 aromatic carbocycles.